The van der Waals surface area contributed by atoms with E-state index in [2.05, 4.69) is 0 Å². The number of halogens is 1. The minimum Gasteiger partial charge on any atom is -0.481 e. The van der Waals surface area contributed by atoms with Crippen LogP contribution in [0.3, 0.4) is 0 Å². The highest BCUT2D eigenvalue weighted by Gasteiger charge is 2.02. The Labute approximate surface area is 68.6 Å². The van der Waals surface area contributed by atoms with Crippen molar-refractivity contribution in [3.63, 3.8) is 0 Å². The Hall–Kier alpha value is -1.58. The summed E-state index contributed by atoms with van der Waals surface area (Å²) in [6.07, 6.45) is -0.206. The number of carbonyl (C=O) groups is 1. The van der Waals surface area contributed by atoms with Crippen LogP contribution in [0.2, 0.25) is 0 Å². The lowest BCUT2D eigenvalue weighted by molar-refractivity contribution is -0.136. The van der Waals surface area contributed by atoms with E-state index in [0.29, 0.717) is 5.56 Å². The molecule has 0 amide bonds. The third-order valence-electron chi connectivity index (χ3n) is 1.34. The first-order valence-corrected chi connectivity index (χ1v) is 3.34. The molecule has 64 valence electrons. The third kappa shape index (κ3) is 2.23. The lowest BCUT2D eigenvalue weighted by atomic mass is 10.1. The summed E-state index contributed by atoms with van der Waals surface area (Å²) in [4.78, 5) is 10.2. The van der Waals surface area contributed by atoms with Gasteiger partial charge in [0.2, 0.25) is 0 Å². The van der Waals surface area contributed by atoms with Crippen LogP contribution >= 0.6 is 0 Å². The fourth-order valence-corrected chi connectivity index (χ4v) is 0.952. The molecule has 0 bridgehead atoms. The normalized spacial score (nSPS) is 9.75. The van der Waals surface area contributed by atoms with Gasteiger partial charge < -0.3 is 10.8 Å². The van der Waals surface area contributed by atoms with Gasteiger partial charge in [-0.25, -0.2) is 4.39 Å². The van der Waals surface area contributed by atoms with E-state index in [1.165, 1.54) is 6.07 Å². The van der Waals surface area contributed by atoms with Gasteiger partial charge in [-0.15, -0.1) is 0 Å². The smallest absolute Gasteiger partial charge is 0.307 e. The van der Waals surface area contributed by atoms with Gasteiger partial charge >= 0.3 is 5.97 Å². The number of anilines is 1. The van der Waals surface area contributed by atoms with Crippen molar-refractivity contribution in [1.82, 2.24) is 0 Å². The van der Waals surface area contributed by atoms with Crippen molar-refractivity contribution in [1.29, 1.82) is 0 Å². The molecule has 0 spiro atoms. The van der Waals surface area contributed by atoms with Gasteiger partial charge in [-0.2, -0.15) is 0 Å². The molecule has 1 rings (SSSR count). The summed E-state index contributed by atoms with van der Waals surface area (Å²) in [7, 11) is 0. The van der Waals surface area contributed by atoms with Crippen molar-refractivity contribution in [2.24, 2.45) is 0 Å². The van der Waals surface area contributed by atoms with E-state index in [0.717, 1.165) is 12.1 Å². The Morgan fingerprint density at radius 3 is 2.67 bits per heavy atom. The fraction of sp³-hybridized carbons (Fsp3) is 0.125. The van der Waals surface area contributed by atoms with Crippen LogP contribution in [0.25, 0.3) is 0 Å². The van der Waals surface area contributed by atoms with Crippen LogP contribution < -0.4 is 5.73 Å². The maximum atomic E-state index is 12.6. The Balaban J connectivity index is 2.93. The molecule has 0 saturated carbocycles. The molecule has 4 heteroatoms. The molecule has 3 nitrogen and oxygen atoms in total. The van der Waals surface area contributed by atoms with E-state index in [-0.39, 0.29) is 12.1 Å². The third-order valence-corrected chi connectivity index (χ3v) is 1.34. The maximum absolute atomic E-state index is 12.6. The van der Waals surface area contributed by atoms with Crippen LogP contribution in [-0.4, -0.2) is 11.1 Å². The summed E-state index contributed by atoms with van der Waals surface area (Å²) in [5, 5.41) is 8.39. The Kier molecular flexibility index (Phi) is 2.28. The molecule has 0 aliphatic rings. The highest BCUT2D eigenvalue weighted by atomic mass is 19.1. The van der Waals surface area contributed by atoms with Crippen molar-refractivity contribution < 1.29 is 14.3 Å². The molecular weight excluding hydrogens is 161 g/mol. The molecule has 0 saturated heterocycles. The van der Waals surface area contributed by atoms with Gasteiger partial charge in [-0.3, -0.25) is 4.79 Å². The highest BCUT2D eigenvalue weighted by Crippen LogP contribution is 2.10. The van der Waals surface area contributed by atoms with Gasteiger partial charge in [-0.1, -0.05) is 0 Å². The predicted octanol–water partition coefficient (Wildman–Crippen LogP) is 1.04. The van der Waals surface area contributed by atoms with E-state index >= 15 is 0 Å². The molecule has 0 fully saturated rings. The molecule has 0 heterocycles. The maximum Gasteiger partial charge on any atom is 0.307 e. The molecular formula is C8H8FNO2. The molecule has 0 aliphatic carbocycles. The zero-order valence-electron chi connectivity index (χ0n) is 6.25. The number of aliphatic carboxylic acids is 1. The Bertz CT molecular complexity index is 292. The number of hydrogen-bond acceptors (Lipinski definition) is 2. The minimum atomic E-state index is -1.000. The standard InChI is InChI=1S/C8H8FNO2/c9-6-1-5(3-8(11)12)2-7(10)4-6/h1-2,4H,3,10H2,(H,11,12). The lowest BCUT2D eigenvalue weighted by Gasteiger charge is -1.99. The van der Waals surface area contributed by atoms with Gasteiger partial charge in [0.1, 0.15) is 5.82 Å². The zero-order valence-corrected chi connectivity index (χ0v) is 6.25. The fourth-order valence-electron chi connectivity index (χ4n) is 0.952. The second-order valence-corrected chi connectivity index (χ2v) is 2.46. The van der Waals surface area contributed by atoms with Gasteiger partial charge in [0.05, 0.1) is 6.42 Å². The number of hydrogen-bond donors (Lipinski definition) is 2. The second kappa shape index (κ2) is 3.21. The number of carboxylic acid groups (broad SMARTS) is 1. The average molecular weight is 169 g/mol. The number of carboxylic acids is 1. The summed E-state index contributed by atoms with van der Waals surface area (Å²) < 4.78 is 12.6. The van der Waals surface area contributed by atoms with E-state index in [1.807, 2.05) is 0 Å². The second-order valence-electron chi connectivity index (χ2n) is 2.46. The van der Waals surface area contributed by atoms with E-state index < -0.39 is 11.8 Å². The topological polar surface area (TPSA) is 63.3 Å². The lowest BCUT2D eigenvalue weighted by Crippen LogP contribution is -2.01. The van der Waals surface area contributed by atoms with E-state index in [9.17, 15) is 9.18 Å². The molecule has 12 heavy (non-hydrogen) atoms. The molecule has 0 unspecified atom stereocenters. The number of benzene rings is 1. The first-order chi connectivity index (χ1) is 5.58. The quantitative estimate of drug-likeness (QED) is 0.650. The number of nitrogen functional groups attached to an aromatic ring is 1. The largest absolute Gasteiger partial charge is 0.481 e. The van der Waals surface area contributed by atoms with Crippen LogP contribution in [0, 0.1) is 5.82 Å². The first-order valence-electron chi connectivity index (χ1n) is 3.34. The summed E-state index contributed by atoms with van der Waals surface area (Å²) in [5.74, 6) is -1.51. The van der Waals surface area contributed by atoms with Crippen LogP contribution in [0.5, 0.6) is 0 Å². The molecule has 0 atom stereocenters. The Morgan fingerprint density at radius 1 is 1.50 bits per heavy atom. The van der Waals surface area contributed by atoms with Gasteiger partial charge in [-0.05, 0) is 23.8 Å². The van der Waals surface area contributed by atoms with Crippen molar-refractivity contribution in [2.45, 2.75) is 6.42 Å². The highest BCUT2D eigenvalue weighted by molar-refractivity contribution is 5.70. The van der Waals surface area contributed by atoms with Gasteiger partial charge in [0, 0.05) is 5.69 Å². The number of nitrogens with two attached hydrogens (primary N) is 1. The van der Waals surface area contributed by atoms with Crippen LogP contribution in [0.1, 0.15) is 5.56 Å². The summed E-state index contributed by atoms with van der Waals surface area (Å²) in [6, 6.07) is 3.74. The van der Waals surface area contributed by atoms with Crippen molar-refractivity contribution in [2.75, 3.05) is 5.73 Å². The van der Waals surface area contributed by atoms with E-state index in [4.69, 9.17) is 10.8 Å². The molecule has 1 aromatic rings. The molecule has 0 aliphatic heterocycles. The van der Waals surface area contributed by atoms with Crippen LogP contribution in [0.4, 0.5) is 10.1 Å². The molecule has 0 aromatic heterocycles. The van der Waals surface area contributed by atoms with E-state index in [1.54, 1.807) is 0 Å². The number of rotatable bonds is 2. The SMILES string of the molecule is Nc1cc(F)cc(CC(=O)O)c1. The summed E-state index contributed by atoms with van der Waals surface area (Å²) in [6.45, 7) is 0. The van der Waals surface area contributed by atoms with Crippen molar-refractivity contribution >= 4 is 11.7 Å². The van der Waals surface area contributed by atoms with Crippen molar-refractivity contribution in [3.8, 4) is 0 Å². The molecule has 3 N–H and O–H groups in total. The van der Waals surface area contributed by atoms with Crippen LogP contribution in [0.15, 0.2) is 18.2 Å². The summed E-state index contributed by atoms with van der Waals surface area (Å²) in [5.41, 5.74) is 5.92. The first kappa shape index (κ1) is 8.52. The zero-order chi connectivity index (χ0) is 9.14. The predicted molar refractivity (Wildman–Crippen MR) is 42.2 cm³/mol. The van der Waals surface area contributed by atoms with Gasteiger partial charge in [0.15, 0.2) is 0 Å². The monoisotopic (exact) mass is 169 g/mol. The minimum absolute atomic E-state index is 0.206. The Morgan fingerprint density at radius 2 is 2.17 bits per heavy atom. The average Bonchev–Trinajstić information content (AvgIpc) is 1.81. The molecule has 0 radical (unpaired) electrons. The van der Waals surface area contributed by atoms with Crippen molar-refractivity contribution in [3.05, 3.63) is 29.6 Å². The van der Waals surface area contributed by atoms with Crippen LogP contribution in [-0.2, 0) is 11.2 Å². The molecule has 1 aromatic carbocycles. The van der Waals surface area contributed by atoms with Gasteiger partial charge in [0.25, 0.3) is 0 Å². The summed E-state index contributed by atoms with van der Waals surface area (Å²) >= 11 is 0.